The predicted octanol–water partition coefficient (Wildman–Crippen LogP) is 1.86. The van der Waals surface area contributed by atoms with E-state index in [0.29, 0.717) is 11.1 Å². The molecule has 112 valence electrons. The lowest BCUT2D eigenvalue weighted by molar-refractivity contribution is 0.0897. The van der Waals surface area contributed by atoms with E-state index in [1.54, 1.807) is 12.1 Å². The Bertz CT molecular complexity index is 455. The predicted molar refractivity (Wildman–Crippen MR) is 81.9 cm³/mol. The highest BCUT2D eigenvalue weighted by Gasteiger charge is 2.29. The van der Waals surface area contributed by atoms with Gasteiger partial charge in [-0.25, -0.2) is 4.39 Å². The van der Waals surface area contributed by atoms with Gasteiger partial charge in [-0.2, -0.15) is 0 Å². The van der Waals surface area contributed by atoms with E-state index >= 15 is 0 Å². The molecule has 0 spiro atoms. The number of benzene rings is 1. The third-order valence-electron chi connectivity index (χ3n) is 4.18. The minimum atomic E-state index is -0.228. The Balaban J connectivity index is 2.13. The third-order valence-corrected chi connectivity index (χ3v) is 4.55. The molecule has 1 heterocycles. The Hall–Kier alpha value is -0.680. The third kappa shape index (κ3) is 3.70. The SMILES string of the molecule is CNC(Cc1cc(F)ccc1Cl)C1CN(C)CCN1C. The molecule has 1 aliphatic rings. The lowest BCUT2D eigenvalue weighted by atomic mass is 9.96. The van der Waals surface area contributed by atoms with Crippen LogP contribution >= 0.6 is 11.6 Å². The van der Waals surface area contributed by atoms with E-state index in [0.717, 1.165) is 31.6 Å². The molecular weight excluding hydrogens is 277 g/mol. The fraction of sp³-hybridized carbons (Fsp3) is 0.600. The quantitative estimate of drug-likeness (QED) is 0.915. The second kappa shape index (κ2) is 6.85. The topological polar surface area (TPSA) is 18.5 Å². The number of halogens is 2. The first-order valence-electron chi connectivity index (χ1n) is 7.01. The zero-order valence-corrected chi connectivity index (χ0v) is 13.1. The van der Waals surface area contributed by atoms with Gasteiger partial charge in [0.2, 0.25) is 0 Å². The van der Waals surface area contributed by atoms with Gasteiger partial charge in [0.05, 0.1) is 0 Å². The molecule has 0 aliphatic carbocycles. The highest BCUT2D eigenvalue weighted by Crippen LogP contribution is 2.21. The average molecular weight is 300 g/mol. The summed E-state index contributed by atoms with van der Waals surface area (Å²) in [5, 5.41) is 4.01. The van der Waals surface area contributed by atoms with Crippen molar-refractivity contribution in [3.05, 3.63) is 34.6 Å². The summed E-state index contributed by atoms with van der Waals surface area (Å²) in [6, 6.07) is 5.23. The van der Waals surface area contributed by atoms with Crippen molar-refractivity contribution >= 4 is 11.6 Å². The van der Waals surface area contributed by atoms with E-state index in [-0.39, 0.29) is 11.9 Å². The number of nitrogens with one attached hydrogen (secondary N) is 1. The van der Waals surface area contributed by atoms with Crippen LogP contribution in [0.15, 0.2) is 18.2 Å². The van der Waals surface area contributed by atoms with Crippen LogP contribution in [0.2, 0.25) is 5.02 Å². The standard InChI is InChI=1S/C15H23ClFN3/c1-18-14(15-10-19(2)6-7-20(15)3)9-11-8-12(17)4-5-13(11)16/h4-5,8,14-15,18H,6-7,9-10H2,1-3H3. The molecule has 1 N–H and O–H groups in total. The van der Waals surface area contributed by atoms with E-state index in [1.165, 1.54) is 6.07 Å². The van der Waals surface area contributed by atoms with Gasteiger partial charge in [-0.15, -0.1) is 0 Å². The van der Waals surface area contributed by atoms with Crippen molar-refractivity contribution in [2.45, 2.75) is 18.5 Å². The molecule has 2 atom stereocenters. The van der Waals surface area contributed by atoms with Crippen molar-refractivity contribution in [1.82, 2.24) is 15.1 Å². The number of nitrogens with zero attached hydrogens (tertiary/aromatic N) is 2. The summed E-state index contributed by atoms with van der Waals surface area (Å²) < 4.78 is 13.4. The number of rotatable bonds is 4. The van der Waals surface area contributed by atoms with Gasteiger partial charge in [0, 0.05) is 36.7 Å². The van der Waals surface area contributed by atoms with Gasteiger partial charge in [-0.05, 0) is 51.3 Å². The summed E-state index contributed by atoms with van der Waals surface area (Å²) in [6.07, 6.45) is 0.732. The average Bonchev–Trinajstić information content (AvgIpc) is 2.42. The molecule has 1 aromatic rings. The molecule has 5 heteroatoms. The number of likely N-dealkylation sites (N-methyl/N-ethyl adjacent to an activating group) is 3. The monoisotopic (exact) mass is 299 g/mol. The zero-order valence-electron chi connectivity index (χ0n) is 12.4. The fourth-order valence-electron chi connectivity index (χ4n) is 2.85. The minimum Gasteiger partial charge on any atom is -0.315 e. The molecular formula is C15H23ClFN3. The Kier molecular flexibility index (Phi) is 5.38. The van der Waals surface area contributed by atoms with Crippen molar-refractivity contribution in [3.63, 3.8) is 0 Å². The summed E-state index contributed by atoms with van der Waals surface area (Å²) in [6.45, 7) is 3.15. The Morgan fingerprint density at radius 3 is 2.85 bits per heavy atom. The molecule has 3 nitrogen and oxygen atoms in total. The summed E-state index contributed by atoms with van der Waals surface area (Å²) >= 11 is 6.18. The molecule has 2 rings (SSSR count). The zero-order chi connectivity index (χ0) is 14.7. The molecule has 20 heavy (non-hydrogen) atoms. The maximum absolute atomic E-state index is 13.4. The van der Waals surface area contributed by atoms with Crippen molar-refractivity contribution < 1.29 is 4.39 Å². The first kappa shape index (κ1) is 15.7. The van der Waals surface area contributed by atoms with Crippen LogP contribution in [0.1, 0.15) is 5.56 Å². The van der Waals surface area contributed by atoms with E-state index in [2.05, 4.69) is 29.2 Å². The normalized spacial score (nSPS) is 22.9. The van der Waals surface area contributed by atoms with Gasteiger partial charge in [0.25, 0.3) is 0 Å². The number of hydrogen-bond donors (Lipinski definition) is 1. The summed E-state index contributed by atoms with van der Waals surface area (Å²) in [4.78, 5) is 4.70. The molecule has 1 fully saturated rings. The van der Waals surface area contributed by atoms with E-state index in [1.807, 2.05) is 7.05 Å². The highest BCUT2D eigenvalue weighted by atomic mass is 35.5. The molecule has 1 aliphatic heterocycles. The van der Waals surface area contributed by atoms with Gasteiger partial charge in [-0.3, -0.25) is 4.90 Å². The largest absolute Gasteiger partial charge is 0.315 e. The minimum absolute atomic E-state index is 0.228. The smallest absolute Gasteiger partial charge is 0.123 e. The Labute approximate surface area is 125 Å². The molecule has 0 bridgehead atoms. The van der Waals surface area contributed by atoms with Crippen molar-refractivity contribution in [2.75, 3.05) is 40.8 Å². The van der Waals surface area contributed by atoms with Crippen LogP contribution in [-0.4, -0.2) is 62.7 Å². The number of hydrogen-bond acceptors (Lipinski definition) is 3. The van der Waals surface area contributed by atoms with Crippen LogP contribution in [0.25, 0.3) is 0 Å². The van der Waals surface area contributed by atoms with Crippen LogP contribution in [-0.2, 0) is 6.42 Å². The second-order valence-corrected chi connectivity index (χ2v) is 6.05. The maximum atomic E-state index is 13.4. The molecule has 0 amide bonds. The second-order valence-electron chi connectivity index (χ2n) is 5.65. The van der Waals surface area contributed by atoms with Gasteiger partial charge in [0.1, 0.15) is 5.82 Å². The first-order chi connectivity index (χ1) is 9.51. The van der Waals surface area contributed by atoms with E-state index in [9.17, 15) is 4.39 Å². The van der Waals surface area contributed by atoms with Crippen molar-refractivity contribution in [3.8, 4) is 0 Å². The van der Waals surface area contributed by atoms with Crippen LogP contribution in [0.4, 0.5) is 4.39 Å². The Morgan fingerprint density at radius 1 is 1.40 bits per heavy atom. The molecule has 0 aromatic heterocycles. The van der Waals surface area contributed by atoms with E-state index in [4.69, 9.17) is 11.6 Å². The maximum Gasteiger partial charge on any atom is 0.123 e. The van der Waals surface area contributed by atoms with Crippen LogP contribution in [0.5, 0.6) is 0 Å². The summed E-state index contributed by atoms with van der Waals surface area (Å²) in [5.74, 6) is -0.228. The van der Waals surface area contributed by atoms with Gasteiger partial charge < -0.3 is 10.2 Å². The van der Waals surface area contributed by atoms with Crippen LogP contribution in [0, 0.1) is 5.82 Å². The molecule has 2 unspecified atom stereocenters. The molecule has 0 saturated carbocycles. The lowest BCUT2D eigenvalue weighted by Gasteiger charge is -2.42. The number of piperazine rings is 1. The van der Waals surface area contributed by atoms with Crippen molar-refractivity contribution in [2.24, 2.45) is 0 Å². The van der Waals surface area contributed by atoms with Crippen molar-refractivity contribution in [1.29, 1.82) is 0 Å². The van der Waals surface area contributed by atoms with Gasteiger partial charge >= 0.3 is 0 Å². The summed E-state index contributed by atoms with van der Waals surface area (Å²) in [5.41, 5.74) is 0.868. The molecule has 1 aromatic carbocycles. The van der Waals surface area contributed by atoms with Gasteiger partial charge in [0.15, 0.2) is 0 Å². The lowest BCUT2D eigenvalue weighted by Crippen LogP contribution is -2.58. The summed E-state index contributed by atoms with van der Waals surface area (Å²) in [7, 11) is 6.25. The van der Waals surface area contributed by atoms with Crippen LogP contribution in [0.3, 0.4) is 0 Å². The van der Waals surface area contributed by atoms with Gasteiger partial charge in [-0.1, -0.05) is 11.6 Å². The fourth-order valence-corrected chi connectivity index (χ4v) is 3.04. The molecule has 1 saturated heterocycles. The first-order valence-corrected chi connectivity index (χ1v) is 7.39. The highest BCUT2D eigenvalue weighted by molar-refractivity contribution is 6.31. The van der Waals surface area contributed by atoms with E-state index < -0.39 is 0 Å². The van der Waals surface area contributed by atoms with Crippen LogP contribution < -0.4 is 5.32 Å². The molecule has 0 radical (unpaired) electrons. The Morgan fingerprint density at radius 2 is 2.15 bits per heavy atom.